The van der Waals surface area contributed by atoms with E-state index in [0.29, 0.717) is 0 Å². The van der Waals surface area contributed by atoms with Crippen LogP contribution in [0.25, 0.3) is 0 Å². The molecule has 0 aliphatic carbocycles. The lowest BCUT2D eigenvalue weighted by atomic mass is 10.0. The fraction of sp³-hybridized carbons (Fsp3) is 0.632. The van der Waals surface area contributed by atoms with E-state index in [0.717, 1.165) is 0 Å². The number of guanidine groups is 1. The quantitative estimate of drug-likeness (QED) is 0.0555. The zero-order chi connectivity index (χ0) is 27.3. The summed E-state index contributed by atoms with van der Waals surface area (Å²) >= 11 is 0. The Morgan fingerprint density at radius 1 is 0.800 bits per heavy atom. The lowest BCUT2D eigenvalue weighted by Gasteiger charge is -2.25. The maximum Gasteiger partial charge on any atom is 0.326 e. The van der Waals surface area contributed by atoms with Crippen molar-refractivity contribution in [3.05, 3.63) is 0 Å². The molecular formula is C19H34N8O8. The van der Waals surface area contributed by atoms with Crippen molar-refractivity contribution in [1.29, 1.82) is 0 Å². The summed E-state index contributed by atoms with van der Waals surface area (Å²) in [6.07, 6.45) is -1.45. The highest BCUT2D eigenvalue weighted by Gasteiger charge is 2.32. The van der Waals surface area contributed by atoms with Crippen LogP contribution in [0.4, 0.5) is 0 Å². The molecule has 0 aliphatic heterocycles. The molecule has 0 saturated heterocycles. The fourth-order valence-corrected chi connectivity index (χ4v) is 2.67. The van der Waals surface area contributed by atoms with Crippen LogP contribution in [0.5, 0.6) is 0 Å². The summed E-state index contributed by atoms with van der Waals surface area (Å²) < 4.78 is 0. The number of nitrogens with two attached hydrogens (primary N) is 4. The van der Waals surface area contributed by atoms with Crippen LogP contribution >= 0.6 is 0 Å². The average Bonchev–Trinajstić information content (AvgIpc) is 2.72. The maximum atomic E-state index is 12.9. The average molecular weight is 503 g/mol. The van der Waals surface area contributed by atoms with Crippen LogP contribution < -0.4 is 38.9 Å². The molecule has 0 radical (unpaired) electrons. The van der Waals surface area contributed by atoms with Gasteiger partial charge in [-0.3, -0.25) is 29.0 Å². The van der Waals surface area contributed by atoms with E-state index in [2.05, 4.69) is 15.6 Å². The zero-order valence-electron chi connectivity index (χ0n) is 19.5. The summed E-state index contributed by atoms with van der Waals surface area (Å²) in [6.45, 7) is 3.50. The minimum atomic E-state index is -1.74. The molecule has 13 N–H and O–H groups in total. The molecule has 0 spiro atoms. The maximum absolute atomic E-state index is 12.9. The number of carboxylic acids is 2. The van der Waals surface area contributed by atoms with Crippen molar-refractivity contribution in [2.75, 3.05) is 6.54 Å². The number of carbonyl (C=O) groups is 6. The van der Waals surface area contributed by atoms with Gasteiger partial charge in [-0.15, -0.1) is 0 Å². The van der Waals surface area contributed by atoms with Crippen molar-refractivity contribution in [2.24, 2.45) is 33.8 Å². The van der Waals surface area contributed by atoms with Crippen LogP contribution in [0, 0.1) is 5.92 Å². The third-order valence-electron chi connectivity index (χ3n) is 4.63. The highest BCUT2D eigenvalue weighted by Crippen LogP contribution is 2.05. The van der Waals surface area contributed by atoms with Crippen molar-refractivity contribution in [1.82, 2.24) is 16.0 Å². The number of carbonyl (C=O) groups excluding carboxylic acids is 4. The lowest BCUT2D eigenvalue weighted by Crippen LogP contribution is -2.58. The van der Waals surface area contributed by atoms with Gasteiger partial charge in [-0.1, -0.05) is 13.8 Å². The van der Waals surface area contributed by atoms with Crippen LogP contribution in [-0.4, -0.2) is 82.5 Å². The summed E-state index contributed by atoms with van der Waals surface area (Å²) in [5, 5.41) is 24.9. The fourth-order valence-electron chi connectivity index (χ4n) is 2.67. The largest absolute Gasteiger partial charge is 0.481 e. The Labute approximate surface area is 201 Å². The molecule has 4 amide bonds. The van der Waals surface area contributed by atoms with Gasteiger partial charge in [-0.2, -0.15) is 0 Å². The van der Waals surface area contributed by atoms with Crippen molar-refractivity contribution in [2.45, 2.75) is 63.7 Å². The number of amides is 4. The molecule has 0 aromatic rings. The van der Waals surface area contributed by atoms with E-state index in [-0.39, 0.29) is 31.3 Å². The molecule has 16 heteroatoms. The van der Waals surface area contributed by atoms with Gasteiger partial charge in [-0.25, -0.2) is 4.79 Å². The second-order valence-corrected chi connectivity index (χ2v) is 8.01. The molecule has 4 unspecified atom stereocenters. The Bertz CT molecular complexity index is 828. The van der Waals surface area contributed by atoms with Gasteiger partial charge in [0.25, 0.3) is 0 Å². The monoisotopic (exact) mass is 502 g/mol. The first kappa shape index (κ1) is 31.0. The van der Waals surface area contributed by atoms with Gasteiger partial charge in [0.05, 0.1) is 18.9 Å². The van der Waals surface area contributed by atoms with Gasteiger partial charge in [0.1, 0.15) is 18.1 Å². The van der Waals surface area contributed by atoms with Crippen LogP contribution in [0.1, 0.15) is 39.5 Å². The standard InChI is InChI=1S/C19H34N8O8/c1-8(2)14(21)17(33)25-9(4-3-5-24-19(22)23)15(31)26-10(7-13(29)30)16(32)27-11(18(34)35)6-12(20)28/h8-11,14H,3-7,21H2,1-2H3,(H2,20,28)(H,25,33)(H,26,31)(H,27,32)(H,29,30)(H,34,35)(H4,22,23,24). The van der Waals surface area contributed by atoms with Crippen LogP contribution in [-0.2, 0) is 28.8 Å². The first-order valence-corrected chi connectivity index (χ1v) is 10.6. The van der Waals surface area contributed by atoms with Crippen LogP contribution in [0.2, 0.25) is 0 Å². The number of aliphatic carboxylic acids is 2. The second-order valence-electron chi connectivity index (χ2n) is 8.01. The molecule has 0 aromatic carbocycles. The Hall–Kier alpha value is -3.95. The first-order valence-electron chi connectivity index (χ1n) is 10.6. The number of nitrogens with one attached hydrogen (secondary N) is 3. The van der Waals surface area contributed by atoms with Gasteiger partial charge in [0.15, 0.2) is 5.96 Å². The molecule has 0 bridgehead atoms. The van der Waals surface area contributed by atoms with Gasteiger partial charge >= 0.3 is 11.9 Å². The number of nitrogens with zero attached hydrogens (tertiary/aromatic N) is 1. The van der Waals surface area contributed by atoms with E-state index in [1.165, 1.54) is 0 Å². The van der Waals surface area contributed by atoms with E-state index >= 15 is 0 Å². The Morgan fingerprint density at radius 2 is 1.31 bits per heavy atom. The van der Waals surface area contributed by atoms with E-state index in [1.807, 2.05) is 5.32 Å². The Balaban J connectivity index is 5.65. The summed E-state index contributed by atoms with van der Waals surface area (Å²) in [5.74, 6) is -7.31. The molecule has 0 aliphatic rings. The summed E-state index contributed by atoms with van der Waals surface area (Å²) in [6, 6.07) is -5.67. The van der Waals surface area contributed by atoms with Gasteiger partial charge in [0.2, 0.25) is 23.6 Å². The Morgan fingerprint density at radius 3 is 1.77 bits per heavy atom. The molecule has 198 valence electrons. The smallest absolute Gasteiger partial charge is 0.326 e. The van der Waals surface area contributed by atoms with Crippen molar-refractivity contribution in [3.63, 3.8) is 0 Å². The van der Waals surface area contributed by atoms with Crippen LogP contribution in [0.15, 0.2) is 4.99 Å². The molecule has 35 heavy (non-hydrogen) atoms. The third-order valence-corrected chi connectivity index (χ3v) is 4.63. The highest BCUT2D eigenvalue weighted by atomic mass is 16.4. The zero-order valence-corrected chi connectivity index (χ0v) is 19.5. The minimum Gasteiger partial charge on any atom is -0.481 e. The first-order chi connectivity index (χ1) is 16.1. The third kappa shape index (κ3) is 12.8. The normalized spacial score (nSPS) is 14.1. The molecule has 0 rings (SSSR count). The molecule has 0 aromatic heterocycles. The summed E-state index contributed by atoms with van der Waals surface area (Å²) in [4.78, 5) is 75.1. The number of rotatable bonds is 16. The van der Waals surface area contributed by atoms with Gasteiger partial charge < -0.3 is 49.1 Å². The molecular weight excluding hydrogens is 468 g/mol. The van der Waals surface area contributed by atoms with E-state index in [1.54, 1.807) is 13.8 Å². The molecule has 0 heterocycles. The van der Waals surface area contributed by atoms with E-state index in [4.69, 9.17) is 33.1 Å². The van der Waals surface area contributed by atoms with Crippen LogP contribution in [0.3, 0.4) is 0 Å². The summed E-state index contributed by atoms with van der Waals surface area (Å²) in [7, 11) is 0. The molecule has 0 fully saturated rings. The number of primary amides is 1. The number of hydrogen-bond donors (Lipinski definition) is 9. The Kier molecular flexibility index (Phi) is 13.4. The topological polar surface area (TPSA) is 295 Å². The number of carboxylic acid groups (broad SMARTS) is 2. The molecule has 0 saturated carbocycles. The molecule has 16 nitrogen and oxygen atoms in total. The highest BCUT2D eigenvalue weighted by molar-refractivity contribution is 5.96. The number of hydrogen-bond acceptors (Lipinski definition) is 8. The predicted molar refractivity (Wildman–Crippen MR) is 122 cm³/mol. The minimum absolute atomic E-state index is 0.00000530. The second kappa shape index (κ2) is 15.0. The SMILES string of the molecule is CC(C)C(N)C(=O)NC(CCCN=C(N)N)C(=O)NC(CC(=O)O)C(=O)NC(CC(N)=O)C(=O)O. The number of aliphatic imine (C=N–C) groups is 1. The summed E-state index contributed by atoms with van der Waals surface area (Å²) in [5.41, 5.74) is 21.3. The predicted octanol–water partition coefficient (Wildman–Crippen LogP) is -4.09. The van der Waals surface area contributed by atoms with E-state index in [9.17, 15) is 28.8 Å². The van der Waals surface area contributed by atoms with Crippen molar-refractivity contribution < 1.29 is 39.0 Å². The van der Waals surface area contributed by atoms with Crippen molar-refractivity contribution >= 4 is 41.5 Å². The van der Waals surface area contributed by atoms with Crippen molar-refractivity contribution in [3.8, 4) is 0 Å². The molecule has 4 atom stereocenters. The lowest BCUT2D eigenvalue weighted by molar-refractivity contribution is -0.144. The van der Waals surface area contributed by atoms with E-state index < -0.39 is 72.6 Å². The van der Waals surface area contributed by atoms with Gasteiger partial charge in [0, 0.05) is 6.54 Å². The van der Waals surface area contributed by atoms with Gasteiger partial charge in [-0.05, 0) is 18.8 Å².